The molecule has 0 saturated heterocycles. The minimum atomic E-state index is -0.824. The van der Waals surface area contributed by atoms with Crippen molar-refractivity contribution in [1.82, 2.24) is 5.32 Å². The molecule has 5 nitrogen and oxygen atoms in total. The SMILES string of the molecule is NC(=O)CCNCc1ccc(CC(=O)O)s1. The van der Waals surface area contributed by atoms with Crippen molar-refractivity contribution in [3.8, 4) is 0 Å². The zero-order chi connectivity index (χ0) is 12.0. The van der Waals surface area contributed by atoms with E-state index in [0.29, 0.717) is 19.5 Å². The second-order valence-electron chi connectivity index (χ2n) is 3.33. The average Bonchev–Trinajstić information content (AvgIpc) is 2.59. The highest BCUT2D eigenvalue weighted by Crippen LogP contribution is 2.16. The van der Waals surface area contributed by atoms with E-state index in [1.807, 2.05) is 12.1 Å². The van der Waals surface area contributed by atoms with Crippen LogP contribution in [0.5, 0.6) is 0 Å². The van der Waals surface area contributed by atoms with Gasteiger partial charge in [-0.3, -0.25) is 9.59 Å². The van der Waals surface area contributed by atoms with Crippen molar-refractivity contribution in [2.24, 2.45) is 5.73 Å². The van der Waals surface area contributed by atoms with E-state index in [1.165, 1.54) is 11.3 Å². The van der Waals surface area contributed by atoms with E-state index < -0.39 is 5.97 Å². The van der Waals surface area contributed by atoms with Crippen molar-refractivity contribution >= 4 is 23.2 Å². The zero-order valence-electron chi connectivity index (χ0n) is 8.73. The number of aliphatic carboxylic acids is 1. The third-order valence-electron chi connectivity index (χ3n) is 1.89. The summed E-state index contributed by atoms with van der Waals surface area (Å²) in [5, 5.41) is 11.7. The minimum Gasteiger partial charge on any atom is -0.481 e. The minimum absolute atomic E-state index is 0.0615. The number of thiophene rings is 1. The van der Waals surface area contributed by atoms with Crippen LogP contribution in [0.2, 0.25) is 0 Å². The van der Waals surface area contributed by atoms with Crippen molar-refractivity contribution in [2.75, 3.05) is 6.54 Å². The maximum Gasteiger partial charge on any atom is 0.308 e. The van der Waals surface area contributed by atoms with Gasteiger partial charge in [0.15, 0.2) is 0 Å². The molecule has 0 aliphatic rings. The molecule has 0 radical (unpaired) electrons. The summed E-state index contributed by atoms with van der Waals surface area (Å²) in [7, 11) is 0. The maximum atomic E-state index is 10.5. The van der Waals surface area contributed by atoms with E-state index in [9.17, 15) is 9.59 Å². The van der Waals surface area contributed by atoms with Gasteiger partial charge in [0, 0.05) is 29.3 Å². The molecule has 0 aromatic carbocycles. The number of nitrogens with two attached hydrogens (primary N) is 1. The highest BCUT2D eigenvalue weighted by atomic mass is 32.1. The number of hydrogen-bond acceptors (Lipinski definition) is 4. The highest BCUT2D eigenvalue weighted by Gasteiger charge is 2.04. The molecule has 0 bridgehead atoms. The molecule has 1 rings (SSSR count). The van der Waals surface area contributed by atoms with Gasteiger partial charge in [0.05, 0.1) is 6.42 Å². The van der Waals surface area contributed by atoms with Gasteiger partial charge in [0.2, 0.25) is 5.91 Å². The molecule has 6 heteroatoms. The summed E-state index contributed by atoms with van der Waals surface area (Å²) < 4.78 is 0. The lowest BCUT2D eigenvalue weighted by molar-refractivity contribution is -0.136. The van der Waals surface area contributed by atoms with Crippen molar-refractivity contribution in [3.05, 3.63) is 21.9 Å². The molecule has 1 amide bonds. The summed E-state index contributed by atoms with van der Waals surface area (Å²) in [6, 6.07) is 3.70. The molecule has 0 saturated carbocycles. The van der Waals surface area contributed by atoms with Crippen LogP contribution in [0.3, 0.4) is 0 Å². The van der Waals surface area contributed by atoms with Crippen LogP contribution in [0.25, 0.3) is 0 Å². The van der Waals surface area contributed by atoms with Gasteiger partial charge in [0.1, 0.15) is 0 Å². The van der Waals surface area contributed by atoms with Crippen molar-refractivity contribution in [3.63, 3.8) is 0 Å². The number of amides is 1. The number of rotatable bonds is 7. The number of carbonyl (C=O) groups excluding carboxylic acids is 1. The van der Waals surface area contributed by atoms with Crippen LogP contribution < -0.4 is 11.1 Å². The van der Waals surface area contributed by atoms with Crippen LogP contribution in [0, 0.1) is 0 Å². The fourth-order valence-corrected chi connectivity index (χ4v) is 2.16. The van der Waals surface area contributed by atoms with Crippen LogP contribution >= 0.6 is 11.3 Å². The Morgan fingerprint density at radius 3 is 2.69 bits per heavy atom. The maximum absolute atomic E-state index is 10.5. The second kappa shape index (κ2) is 6.24. The van der Waals surface area contributed by atoms with Crippen molar-refractivity contribution in [1.29, 1.82) is 0 Å². The number of carbonyl (C=O) groups is 2. The van der Waals surface area contributed by atoms with Gasteiger partial charge in [-0.1, -0.05) is 0 Å². The predicted molar refractivity (Wildman–Crippen MR) is 61.2 cm³/mol. The van der Waals surface area contributed by atoms with Crippen LogP contribution in [0.1, 0.15) is 16.2 Å². The molecule has 16 heavy (non-hydrogen) atoms. The van der Waals surface area contributed by atoms with Crippen molar-refractivity contribution < 1.29 is 14.7 Å². The summed E-state index contributed by atoms with van der Waals surface area (Å²) in [5.41, 5.74) is 4.99. The quantitative estimate of drug-likeness (QED) is 0.601. The number of primary amides is 1. The van der Waals surface area contributed by atoms with E-state index >= 15 is 0 Å². The molecule has 0 aliphatic heterocycles. The molecule has 4 N–H and O–H groups in total. The van der Waals surface area contributed by atoms with E-state index in [0.717, 1.165) is 9.75 Å². The number of carboxylic acid groups (broad SMARTS) is 1. The van der Waals surface area contributed by atoms with Crippen LogP contribution in [-0.2, 0) is 22.6 Å². The van der Waals surface area contributed by atoms with Gasteiger partial charge in [-0.2, -0.15) is 0 Å². The molecular formula is C10H14N2O3S. The van der Waals surface area contributed by atoms with Crippen molar-refractivity contribution in [2.45, 2.75) is 19.4 Å². The second-order valence-corrected chi connectivity index (χ2v) is 4.58. The number of carboxylic acids is 1. The molecule has 88 valence electrons. The Labute approximate surface area is 97.3 Å². The monoisotopic (exact) mass is 242 g/mol. The first-order valence-electron chi connectivity index (χ1n) is 4.86. The standard InChI is InChI=1S/C10H14N2O3S/c11-9(13)3-4-12-6-8-2-1-7(16-8)5-10(14)15/h1-2,12H,3-6H2,(H2,11,13)(H,14,15). The molecular weight excluding hydrogens is 228 g/mol. The van der Waals surface area contributed by atoms with Crippen LogP contribution in [-0.4, -0.2) is 23.5 Å². The molecule has 1 aromatic rings. The summed E-state index contributed by atoms with van der Waals surface area (Å²) in [5.74, 6) is -1.15. The molecule has 0 aliphatic carbocycles. The van der Waals surface area contributed by atoms with E-state index in [-0.39, 0.29) is 12.3 Å². The first-order chi connectivity index (χ1) is 7.58. The predicted octanol–water partition coefficient (Wildman–Crippen LogP) is 0.340. The third-order valence-corrected chi connectivity index (χ3v) is 2.98. The van der Waals surface area contributed by atoms with Gasteiger partial charge in [-0.15, -0.1) is 11.3 Å². The lowest BCUT2D eigenvalue weighted by atomic mass is 10.3. The average molecular weight is 242 g/mol. The summed E-state index contributed by atoms with van der Waals surface area (Å²) in [6.07, 6.45) is 0.374. The summed E-state index contributed by atoms with van der Waals surface area (Å²) in [6.45, 7) is 1.18. The Kier molecular flexibility index (Phi) is 4.94. The zero-order valence-corrected chi connectivity index (χ0v) is 9.55. The molecule has 0 unspecified atom stereocenters. The Balaban J connectivity index is 2.29. The Morgan fingerprint density at radius 2 is 2.06 bits per heavy atom. The van der Waals surface area contributed by atoms with Gasteiger partial charge in [0.25, 0.3) is 0 Å². The smallest absolute Gasteiger partial charge is 0.308 e. The molecule has 0 fully saturated rings. The van der Waals surface area contributed by atoms with Gasteiger partial charge < -0.3 is 16.2 Å². The van der Waals surface area contributed by atoms with E-state index in [1.54, 1.807) is 0 Å². The first kappa shape index (κ1) is 12.7. The van der Waals surface area contributed by atoms with E-state index in [4.69, 9.17) is 10.8 Å². The third kappa shape index (κ3) is 4.90. The largest absolute Gasteiger partial charge is 0.481 e. The lowest BCUT2D eigenvalue weighted by Gasteiger charge is -1.99. The fraction of sp³-hybridized carbons (Fsp3) is 0.400. The van der Waals surface area contributed by atoms with Gasteiger partial charge in [-0.25, -0.2) is 0 Å². The number of hydrogen-bond donors (Lipinski definition) is 3. The normalized spacial score (nSPS) is 10.2. The molecule has 1 heterocycles. The lowest BCUT2D eigenvalue weighted by Crippen LogP contribution is -2.21. The van der Waals surface area contributed by atoms with Gasteiger partial charge in [-0.05, 0) is 12.1 Å². The molecule has 1 aromatic heterocycles. The Hall–Kier alpha value is -1.40. The molecule has 0 spiro atoms. The number of nitrogens with one attached hydrogen (secondary N) is 1. The molecule has 0 atom stereocenters. The summed E-state index contributed by atoms with van der Waals surface area (Å²) >= 11 is 1.46. The Bertz CT molecular complexity index is 376. The topological polar surface area (TPSA) is 92.4 Å². The van der Waals surface area contributed by atoms with Crippen LogP contribution in [0.15, 0.2) is 12.1 Å². The Morgan fingerprint density at radius 1 is 1.38 bits per heavy atom. The van der Waals surface area contributed by atoms with E-state index in [2.05, 4.69) is 5.32 Å². The fourth-order valence-electron chi connectivity index (χ4n) is 1.18. The van der Waals surface area contributed by atoms with Crippen LogP contribution in [0.4, 0.5) is 0 Å². The first-order valence-corrected chi connectivity index (χ1v) is 5.68. The van der Waals surface area contributed by atoms with Gasteiger partial charge >= 0.3 is 5.97 Å². The summed E-state index contributed by atoms with van der Waals surface area (Å²) in [4.78, 5) is 22.8. The highest BCUT2D eigenvalue weighted by molar-refractivity contribution is 7.12.